The van der Waals surface area contributed by atoms with Gasteiger partial charge in [0.05, 0.1) is 13.0 Å². The lowest BCUT2D eigenvalue weighted by atomic mass is 9.76. The van der Waals surface area contributed by atoms with Gasteiger partial charge in [-0.05, 0) is 50.6 Å². The maximum atomic E-state index is 13.1. The first kappa shape index (κ1) is 23.5. The molecule has 1 aromatic carbocycles. The number of para-hydroxylation sites is 1. The Morgan fingerprint density at radius 1 is 1.29 bits per heavy atom. The molecule has 1 heterocycles. The molecule has 1 saturated heterocycles. The smallest absolute Gasteiger partial charge is 0.233 e. The van der Waals surface area contributed by atoms with Gasteiger partial charge in [-0.25, -0.2) is 0 Å². The van der Waals surface area contributed by atoms with E-state index < -0.39 is 0 Å². The standard InChI is InChI=1S/C23H34N4O3S/c1-4-26(5-2)12-13-27-22(29)18-11-10-16(14-19(18)25-23(27)31)21(28)24-15-17-8-6-7-9-20(17)30-3/h6-9,16,18-19H,4-5,10-15H2,1-3H3,(H,24,28)(H,25,31). The number of methoxy groups -OCH3 is 1. The zero-order valence-corrected chi connectivity index (χ0v) is 19.5. The maximum absolute atomic E-state index is 13.1. The number of thiocarbonyl (C=S) groups is 1. The molecule has 7 nitrogen and oxygen atoms in total. The molecule has 1 aliphatic heterocycles. The summed E-state index contributed by atoms with van der Waals surface area (Å²) in [6.45, 7) is 8.00. The molecule has 3 unspecified atom stereocenters. The lowest BCUT2D eigenvalue weighted by Crippen LogP contribution is -2.62. The Morgan fingerprint density at radius 3 is 2.74 bits per heavy atom. The molecule has 0 aromatic heterocycles. The number of hydrogen-bond donors (Lipinski definition) is 2. The molecule has 31 heavy (non-hydrogen) atoms. The van der Waals surface area contributed by atoms with Crippen molar-refractivity contribution in [2.45, 2.75) is 45.7 Å². The molecule has 0 bridgehead atoms. The fourth-order valence-corrected chi connectivity index (χ4v) is 4.90. The molecule has 8 heteroatoms. The van der Waals surface area contributed by atoms with E-state index >= 15 is 0 Å². The van der Waals surface area contributed by atoms with Crippen molar-refractivity contribution in [1.29, 1.82) is 0 Å². The second-order valence-corrected chi connectivity index (χ2v) is 8.61. The van der Waals surface area contributed by atoms with Gasteiger partial charge in [0.25, 0.3) is 0 Å². The highest BCUT2D eigenvalue weighted by Crippen LogP contribution is 2.33. The zero-order valence-electron chi connectivity index (χ0n) is 18.7. The number of likely N-dealkylation sites (N-methyl/N-ethyl adjacent to an activating group) is 1. The van der Waals surface area contributed by atoms with Crippen LogP contribution in [0.5, 0.6) is 5.75 Å². The van der Waals surface area contributed by atoms with Gasteiger partial charge in [-0.3, -0.25) is 14.5 Å². The van der Waals surface area contributed by atoms with Crippen LogP contribution in [0.2, 0.25) is 0 Å². The summed E-state index contributed by atoms with van der Waals surface area (Å²) in [6, 6.07) is 7.60. The van der Waals surface area contributed by atoms with Crippen LogP contribution >= 0.6 is 12.2 Å². The molecule has 2 aliphatic rings. The first-order valence-corrected chi connectivity index (χ1v) is 11.6. The lowest BCUT2D eigenvalue weighted by Gasteiger charge is -2.43. The molecule has 3 rings (SSSR count). The Bertz CT molecular complexity index is 799. The van der Waals surface area contributed by atoms with E-state index in [2.05, 4.69) is 29.4 Å². The second-order valence-electron chi connectivity index (χ2n) is 8.22. The number of benzene rings is 1. The molecule has 1 saturated carbocycles. The van der Waals surface area contributed by atoms with E-state index in [9.17, 15) is 9.59 Å². The molecular weight excluding hydrogens is 412 g/mol. The van der Waals surface area contributed by atoms with Gasteiger partial charge in [-0.1, -0.05) is 32.0 Å². The van der Waals surface area contributed by atoms with Gasteiger partial charge in [0.2, 0.25) is 11.8 Å². The summed E-state index contributed by atoms with van der Waals surface area (Å²) in [5, 5.41) is 6.88. The Labute approximate surface area is 190 Å². The molecule has 0 radical (unpaired) electrons. The minimum atomic E-state index is -0.124. The number of carbonyl (C=O) groups is 2. The summed E-state index contributed by atoms with van der Waals surface area (Å²) in [5.41, 5.74) is 0.947. The fraction of sp³-hybridized carbons (Fsp3) is 0.609. The monoisotopic (exact) mass is 446 g/mol. The van der Waals surface area contributed by atoms with Gasteiger partial charge in [-0.15, -0.1) is 0 Å². The van der Waals surface area contributed by atoms with Crippen molar-refractivity contribution >= 4 is 29.1 Å². The van der Waals surface area contributed by atoms with E-state index in [4.69, 9.17) is 17.0 Å². The molecule has 1 aromatic rings. The van der Waals surface area contributed by atoms with Crippen LogP contribution < -0.4 is 15.4 Å². The van der Waals surface area contributed by atoms with Crippen LogP contribution in [0.25, 0.3) is 0 Å². The van der Waals surface area contributed by atoms with Crippen molar-refractivity contribution in [3.63, 3.8) is 0 Å². The number of ether oxygens (including phenoxy) is 1. The number of fused-ring (bicyclic) bond motifs is 1. The Morgan fingerprint density at radius 2 is 2.03 bits per heavy atom. The van der Waals surface area contributed by atoms with Crippen molar-refractivity contribution in [1.82, 2.24) is 20.4 Å². The van der Waals surface area contributed by atoms with Crippen molar-refractivity contribution in [3.8, 4) is 5.75 Å². The largest absolute Gasteiger partial charge is 0.496 e. The molecule has 0 spiro atoms. The minimum Gasteiger partial charge on any atom is -0.496 e. The van der Waals surface area contributed by atoms with Gasteiger partial charge in [0.1, 0.15) is 5.75 Å². The van der Waals surface area contributed by atoms with E-state index in [0.717, 1.165) is 30.9 Å². The first-order chi connectivity index (χ1) is 15.0. The average Bonchev–Trinajstić information content (AvgIpc) is 2.79. The van der Waals surface area contributed by atoms with Crippen LogP contribution in [0.1, 0.15) is 38.7 Å². The van der Waals surface area contributed by atoms with Crippen molar-refractivity contribution < 1.29 is 14.3 Å². The predicted octanol–water partition coefficient (Wildman–Crippen LogP) is 2.15. The molecular formula is C23H34N4O3S. The van der Waals surface area contributed by atoms with Crippen molar-refractivity contribution in [2.24, 2.45) is 11.8 Å². The van der Waals surface area contributed by atoms with Gasteiger partial charge < -0.3 is 20.3 Å². The summed E-state index contributed by atoms with van der Waals surface area (Å²) >= 11 is 5.51. The SMILES string of the molecule is CCN(CC)CCN1C(=O)C2CCC(C(=O)NCc3ccccc3OC)CC2NC1=S. The number of rotatable bonds is 9. The Balaban J connectivity index is 1.54. The highest BCUT2D eigenvalue weighted by atomic mass is 32.1. The molecule has 1 aliphatic carbocycles. The molecule has 170 valence electrons. The van der Waals surface area contributed by atoms with E-state index in [1.54, 1.807) is 12.0 Å². The maximum Gasteiger partial charge on any atom is 0.233 e. The molecule has 2 N–H and O–H groups in total. The summed E-state index contributed by atoms with van der Waals surface area (Å²) in [5.74, 6) is 0.659. The predicted molar refractivity (Wildman–Crippen MR) is 125 cm³/mol. The number of amides is 2. The topological polar surface area (TPSA) is 73.9 Å². The third kappa shape index (κ3) is 5.54. The van der Waals surface area contributed by atoms with Crippen LogP contribution in [0.4, 0.5) is 0 Å². The van der Waals surface area contributed by atoms with Crippen molar-refractivity contribution in [2.75, 3.05) is 33.3 Å². The summed E-state index contributed by atoms with van der Waals surface area (Å²) < 4.78 is 5.36. The summed E-state index contributed by atoms with van der Waals surface area (Å²) in [6.07, 6.45) is 2.04. The third-order valence-electron chi connectivity index (χ3n) is 6.54. The van der Waals surface area contributed by atoms with Gasteiger partial charge in [-0.2, -0.15) is 0 Å². The minimum absolute atomic E-state index is 0.0217. The van der Waals surface area contributed by atoms with Crippen LogP contribution in [0.15, 0.2) is 24.3 Å². The van der Waals surface area contributed by atoms with Crippen LogP contribution in [0, 0.1) is 11.8 Å². The quantitative estimate of drug-likeness (QED) is 0.567. The number of hydrogen-bond acceptors (Lipinski definition) is 5. The number of nitrogens with zero attached hydrogens (tertiary/aromatic N) is 2. The van der Waals surface area contributed by atoms with E-state index in [-0.39, 0.29) is 29.7 Å². The van der Waals surface area contributed by atoms with E-state index in [0.29, 0.717) is 37.5 Å². The first-order valence-electron chi connectivity index (χ1n) is 11.2. The Hall–Kier alpha value is -2.19. The second kappa shape index (κ2) is 10.9. The third-order valence-corrected chi connectivity index (χ3v) is 6.88. The summed E-state index contributed by atoms with van der Waals surface area (Å²) in [4.78, 5) is 29.9. The highest BCUT2D eigenvalue weighted by molar-refractivity contribution is 7.80. The lowest BCUT2D eigenvalue weighted by molar-refractivity contribution is -0.138. The van der Waals surface area contributed by atoms with E-state index in [1.807, 2.05) is 24.3 Å². The summed E-state index contributed by atoms with van der Waals surface area (Å²) in [7, 11) is 1.63. The average molecular weight is 447 g/mol. The molecule has 2 amide bonds. The van der Waals surface area contributed by atoms with Crippen LogP contribution in [-0.2, 0) is 16.1 Å². The highest BCUT2D eigenvalue weighted by Gasteiger charge is 2.43. The van der Waals surface area contributed by atoms with Gasteiger partial charge in [0, 0.05) is 37.2 Å². The molecule has 2 fully saturated rings. The van der Waals surface area contributed by atoms with Crippen LogP contribution in [-0.4, -0.2) is 66.1 Å². The fourth-order valence-electron chi connectivity index (χ4n) is 4.57. The number of nitrogens with one attached hydrogen (secondary N) is 2. The zero-order chi connectivity index (χ0) is 22.4. The molecule has 3 atom stereocenters. The number of carbonyl (C=O) groups excluding carboxylic acids is 2. The van der Waals surface area contributed by atoms with Gasteiger partial charge >= 0.3 is 0 Å². The normalized spacial score (nSPS) is 23.4. The van der Waals surface area contributed by atoms with Gasteiger partial charge in [0.15, 0.2) is 5.11 Å². The van der Waals surface area contributed by atoms with Crippen molar-refractivity contribution in [3.05, 3.63) is 29.8 Å². The van der Waals surface area contributed by atoms with E-state index in [1.165, 1.54) is 0 Å². The Kier molecular flexibility index (Phi) is 8.26. The van der Waals surface area contributed by atoms with Crippen LogP contribution in [0.3, 0.4) is 0 Å².